The Morgan fingerprint density at radius 3 is 2.45 bits per heavy atom. The van der Waals surface area contributed by atoms with Crippen LogP contribution in [0.15, 0.2) is 47.5 Å². The van der Waals surface area contributed by atoms with Crippen LogP contribution in [-0.2, 0) is 17.9 Å². The number of carbonyl (C=O) groups is 2. The van der Waals surface area contributed by atoms with Crippen LogP contribution >= 0.6 is 0 Å². The molecule has 2 amide bonds. The van der Waals surface area contributed by atoms with E-state index >= 15 is 0 Å². The Balaban J connectivity index is 1.77. The SMILES string of the molecule is NC(=NC(=O)C(F)(F)F)c1ccc2c(c1)C(=O)N(Cc1cccc(OC(F)(F)F)c1)C2. The normalized spacial score (nSPS) is 14.6. The molecule has 0 saturated carbocycles. The highest BCUT2D eigenvalue weighted by Crippen LogP contribution is 2.28. The van der Waals surface area contributed by atoms with Gasteiger partial charge in [0.25, 0.3) is 5.91 Å². The third kappa shape index (κ3) is 5.32. The van der Waals surface area contributed by atoms with E-state index in [2.05, 4.69) is 9.73 Å². The predicted molar refractivity (Wildman–Crippen MR) is 94.9 cm³/mol. The Morgan fingerprint density at radius 1 is 1.10 bits per heavy atom. The zero-order valence-electron chi connectivity index (χ0n) is 15.4. The van der Waals surface area contributed by atoms with Crippen molar-refractivity contribution in [1.82, 2.24) is 4.90 Å². The number of alkyl halides is 6. The van der Waals surface area contributed by atoms with Crippen LogP contribution in [0.2, 0.25) is 0 Å². The minimum Gasteiger partial charge on any atom is -0.406 e. The maximum absolute atomic E-state index is 12.7. The van der Waals surface area contributed by atoms with Gasteiger partial charge in [-0.3, -0.25) is 9.59 Å². The molecule has 0 aliphatic carbocycles. The molecule has 1 aliphatic rings. The summed E-state index contributed by atoms with van der Waals surface area (Å²) >= 11 is 0. The fourth-order valence-corrected chi connectivity index (χ4v) is 2.95. The van der Waals surface area contributed by atoms with Crippen LogP contribution in [-0.4, -0.2) is 35.1 Å². The summed E-state index contributed by atoms with van der Waals surface area (Å²) in [5.41, 5.74) is 6.45. The van der Waals surface area contributed by atoms with Gasteiger partial charge < -0.3 is 15.4 Å². The first-order chi connectivity index (χ1) is 14.3. The monoisotopic (exact) mass is 445 g/mol. The molecule has 0 unspecified atom stereocenters. The molecule has 31 heavy (non-hydrogen) atoms. The largest absolute Gasteiger partial charge is 0.573 e. The van der Waals surface area contributed by atoms with Gasteiger partial charge in [-0.25, -0.2) is 0 Å². The average Bonchev–Trinajstić information content (AvgIpc) is 2.95. The van der Waals surface area contributed by atoms with Gasteiger partial charge in [-0.05, 0) is 29.3 Å². The number of hydrogen-bond acceptors (Lipinski definition) is 3. The van der Waals surface area contributed by atoms with E-state index in [4.69, 9.17) is 5.73 Å². The molecule has 1 aliphatic heterocycles. The van der Waals surface area contributed by atoms with Gasteiger partial charge in [0.1, 0.15) is 11.6 Å². The first-order valence-corrected chi connectivity index (χ1v) is 8.56. The van der Waals surface area contributed by atoms with Gasteiger partial charge in [0, 0.05) is 24.2 Å². The van der Waals surface area contributed by atoms with Crippen molar-refractivity contribution in [3.05, 3.63) is 64.7 Å². The number of ether oxygens (including phenoxy) is 1. The summed E-state index contributed by atoms with van der Waals surface area (Å²) in [6.45, 7) is 0.0887. The number of amidine groups is 1. The van der Waals surface area contributed by atoms with Crippen LogP contribution < -0.4 is 10.5 Å². The van der Waals surface area contributed by atoms with Gasteiger partial charge in [-0.2, -0.15) is 18.2 Å². The maximum Gasteiger partial charge on any atom is 0.573 e. The molecule has 0 bridgehead atoms. The summed E-state index contributed by atoms with van der Waals surface area (Å²) in [6, 6.07) is 9.09. The molecule has 0 radical (unpaired) electrons. The number of nitrogens with zero attached hydrogens (tertiary/aromatic N) is 2. The van der Waals surface area contributed by atoms with Gasteiger partial charge in [0.15, 0.2) is 0 Å². The highest BCUT2D eigenvalue weighted by atomic mass is 19.4. The van der Waals surface area contributed by atoms with Crippen LogP contribution in [0.5, 0.6) is 5.75 Å². The minimum absolute atomic E-state index is 0.0337. The van der Waals surface area contributed by atoms with Gasteiger partial charge in [0.2, 0.25) is 0 Å². The second kappa shape index (κ2) is 7.93. The van der Waals surface area contributed by atoms with Crippen molar-refractivity contribution < 1.29 is 40.7 Å². The number of rotatable bonds is 4. The molecule has 0 atom stereocenters. The molecule has 3 rings (SSSR count). The molecule has 0 aromatic heterocycles. The van der Waals surface area contributed by atoms with Crippen LogP contribution in [0.3, 0.4) is 0 Å². The number of amides is 2. The molecule has 12 heteroatoms. The fraction of sp³-hybridized carbons (Fsp3) is 0.211. The Hall–Kier alpha value is -3.57. The summed E-state index contributed by atoms with van der Waals surface area (Å²) in [4.78, 5) is 27.7. The molecular weight excluding hydrogens is 432 g/mol. The van der Waals surface area contributed by atoms with E-state index in [0.717, 1.165) is 12.1 Å². The van der Waals surface area contributed by atoms with Gasteiger partial charge >= 0.3 is 18.4 Å². The van der Waals surface area contributed by atoms with E-state index < -0.39 is 35.9 Å². The number of hydrogen-bond donors (Lipinski definition) is 1. The lowest BCUT2D eigenvalue weighted by Crippen LogP contribution is -2.25. The lowest BCUT2D eigenvalue weighted by Gasteiger charge is -2.16. The first-order valence-electron chi connectivity index (χ1n) is 8.56. The van der Waals surface area contributed by atoms with Crippen LogP contribution in [0, 0.1) is 0 Å². The minimum atomic E-state index is -5.18. The standard InChI is InChI=1S/C19H13F6N3O3/c20-18(21,22)17(30)27-15(26)11-4-5-12-9-28(16(29)14(12)7-11)8-10-2-1-3-13(6-10)31-19(23,24)25/h1-7H,8-9H2,(H2,26,27,30). The smallest absolute Gasteiger partial charge is 0.406 e. The van der Waals surface area contributed by atoms with Crippen molar-refractivity contribution in [2.24, 2.45) is 10.7 Å². The van der Waals surface area contributed by atoms with Crippen molar-refractivity contribution >= 4 is 17.6 Å². The average molecular weight is 445 g/mol. The summed E-state index contributed by atoms with van der Waals surface area (Å²) in [7, 11) is 0. The zero-order valence-corrected chi connectivity index (χ0v) is 15.4. The van der Waals surface area contributed by atoms with Crippen LogP contribution in [0.4, 0.5) is 26.3 Å². The topological polar surface area (TPSA) is 85.0 Å². The summed E-state index contributed by atoms with van der Waals surface area (Å²) in [5, 5.41) is 0. The van der Waals surface area contributed by atoms with E-state index in [9.17, 15) is 35.9 Å². The molecule has 6 nitrogen and oxygen atoms in total. The zero-order chi connectivity index (χ0) is 23.0. The number of carbonyl (C=O) groups excluding carboxylic acids is 2. The number of halogens is 6. The highest BCUT2D eigenvalue weighted by molar-refractivity contribution is 6.07. The van der Waals surface area contributed by atoms with Crippen LogP contribution in [0.1, 0.15) is 27.0 Å². The Bertz CT molecular complexity index is 1060. The third-order valence-electron chi connectivity index (χ3n) is 4.25. The molecule has 0 fully saturated rings. The van der Waals surface area contributed by atoms with E-state index in [1.54, 1.807) is 0 Å². The van der Waals surface area contributed by atoms with E-state index in [1.165, 1.54) is 35.2 Å². The fourth-order valence-electron chi connectivity index (χ4n) is 2.95. The number of nitrogens with two attached hydrogens (primary N) is 1. The van der Waals surface area contributed by atoms with E-state index in [1.807, 2.05) is 0 Å². The van der Waals surface area contributed by atoms with Crippen molar-refractivity contribution in [1.29, 1.82) is 0 Å². The molecular formula is C19H13F6N3O3. The molecule has 2 N–H and O–H groups in total. The lowest BCUT2D eigenvalue weighted by molar-refractivity contribution is -0.274. The van der Waals surface area contributed by atoms with Crippen molar-refractivity contribution in [3.8, 4) is 5.75 Å². The Kier molecular flexibility index (Phi) is 5.66. The molecule has 2 aromatic rings. The van der Waals surface area contributed by atoms with Crippen molar-refractivity contribution in [2.75, 3.05) is 0 Å². The quantitative estimate of drug-likeness (QED) is 0.443. The van der Waals surface area contributed by atoms with Crippen molar-refractivity contribution in [2.45, 2.75) is 25.6 Å². The maximum atomic E-state index is 12.7. The number of aliphatic imine (C=N–C) groups is 1. The lowest BCUT2D eigenvalue weighted by atomic mass is 10.1. The van der Waals surface area contributed by atoms with Gasteiger partial charge in [0.05, 0.1) is 0 Å². The Labute approximate surface area is 170 Å². The number of fused-ring (bicyclic) bond motifs is 1. The van der Waals surface area contributed by atoms with Gasteiger partial charge in [-0.15, -0.1) is 13.2 Å². The second-order valence-corrected chi connectivity index (χ2v) is 6.53. The summed E-state index contributed by atoms with van der Waals surface area (Å²) < 4.78 is 78.0. The molecule has 2 aromatic carbocycles. The summed E-state index contributed by atoms with van der Waals surface area (Å²) in [6.07, 6.45) is -10.0. The first kappa shape index (κ1) is 22.1. The molecule has 0 spiro atoms. The van der Waals surface area contributed by atoms with Gasteiger partial charge in [-0.1, -0.05) is 24.3 Å². The molecule has 164 valence electrons. The highest BCUT2D eigenvalue weighted by Gasteiger charge is 2.39. The third-order valence-corrected chi connectivity index (χ3v) is 4.25. The molecule has 1 heterocycles. The van der Waals surface area contributed by atoms with E-state index in [-0.39, 0.29) is 24.2 Å². The molecule has 0 saturated heterocycles. The Morgan fingerprint density at radius 2 is 1.81 bits per heavy atom. The van der Waals surface area contributed by atoms with Crippen molar-refractivity contribution in [3.63, 3.8) is 0 Å². The number of benzene rings is 2. The summed E-state index contributed by atoms with van der Waals surface area (Å²) in [5.74, 6) is -4.02. The predicted octanol–water partition coefficient (Wildman–Crippen LogP) is 3.54. The second-order valence-electron chi connectivity index (χ2n) is 6.53. The van der Waals surface area contributed by atoms with Crippen LogP contribution in [0.25, 0.3) is 0 Å². The van der Waals surface area contributed by atoms with E-state index in [0.29, 0.717) is 11.1 Å².